The molecule has 0 spiro atoms. The number of hydrogen-bond donors (Lipinski definition) is 3. The molecular weight excluding hydrogens is 410 g/mol. The van der Waals surface area contributed by atoms with Crippen LogP contribution >= 0.6 is 0 Å². The van der Waals surface area contributed by atoms with Gasteiger partial charge in [0.1, 0.15) is 0 Å². The lowest BCUT2D eigenvalue weighted by Crippen LogP contribution is -2.40. The molecule has 2 aromatic heterocycles. The first-order valence-corrected chi connectivity index (χ1v) is 10.9. The zero-order chi connectivity index (χ0) is 23.5. The molecule has 1 aliphatic carbocycles. The van der Waals surface area contributed by atoms with Gasteiger partial charge in [0.05, 0.1) is 5.69 Å². The number of nitrogens with one attached hydrogen (secondary N) is 2. The van der Waals surface area contributed by atoms with Gasteiger partial charge in [-0.25, -0.2) is 0 Å². The van der Waals surface area contributed by atoms with Crippen molar-refractivity contribution in [3.8, 4) is 0 Å². The molecule has 2 heterocycles. The molecule has 174 valence electrons. The van der Waals surface area contributed by atoms with E-state index in [0.717, 1.165) is 48.2 Å². The Hall–Kier alpha value is -3.23. The van der Waals surface area contributed by atoms with Crippen LogP contribution in [0.25, 0.3) is 0 Å². The van der Waals surface area contributed by atoms with Gasteiger partial charge >= 0.3 is 0 Å². The van der Waals surface area contributed by atoms with E-state index in [1.54, 1.807) is 12.4 Å². The molecule has 1 fully saturated rings. The van der Waals surface area contributed by atoms with Crippen LogP contribution in [0, 0.1) is 19.8 Å². The molecule has 32 heavy (non-hydrogen) atoms. The molecule has 0 unspecified atom stereocenters. The highest BCUT2D eigenvalue weighted by Crippen LogP contribution is 2.25. The van der Waals surface area contributed by atoms with Gasteiger partial charge in [-0.1, -0.05) is 6.07 Å². The van der Waals surface area contributed by atoms with Gasteiger partial charge in [0, 0.05) is 50.1 Å². The normalized spacial score (nSPS) is 17.6. The van der Waals surface area contributed by atoms with E-state index in [4.69, 9.17) is 9.90 Å². The van der Waals surface area contributed by atoms with Crippen LogP contribution in [0.2, 0.25) is 0 Å². The second-order valence-corrected chi connectivity index (χ2v) is 8.07. The first kappa shape index (κ1) is 25.0. The lowest BCUT2D eigenvalue weighted by molar-refractivity contribution is -0.126. The van der Waals surface area contributed by atoms with Crippen molar-refractivity contribution in [2.75, 3.05) is 0 Å². The predicted molar refractivity (Wildman–Crippen MR) is 120 cm³/mol. The highest BCUT2D eigenvalue weighted by molar-refractivity contribution is 5.79. The van der Waals surface area contributed by atoms with Gasteiger partial charge in [-0.3, -0.25) is 24.0 Å². The van der Waals surface area contributed by atoms with Crippen LogP contribution in [0.1, 0.15) is 54.6 Å². The number of aromatic nitrogens is 3. The standard InChI is InChI=1S/C22H31N5O2.CH2O2/c1-15-20(16(2)27(3)26-15)10-11-21(28)25-19-8-6-18(7-9-19)22(29)24-14-17-5-4-12-23-13-17;2-1-3/h4-5,12-13,18-19H,6-11,14H2,1-3H3,(H,24,29)(H,25,28);1H,(H,2,3). The average Bonchev–Trinajstić information content (AvgIpc) is 3.03. The van der Waals surface area contributed by atoms with E-state index in [0.29, 0.717) is 19.4 Å². The third kappa shape index (κ3) is 7.47. The number of amides is 2. The maximum atomic E-state index is 12.4. The summed E-state index contributed by atoms with van der Waals surface area (Å²) in [5, 5.41) is 17.4. The highest BCUT2D eigenvalue weighted by atomic mass is 16.3. The van der Waals surface area contributed by atoms with Gasteiger partial charge in [0.2, 0.25) is 11.8 Å². The van der Waals surface area contributed by atoms with Gasteiger partial charge in [-0.15, -0.1) is 0 Å². The Morgan fingerprint density at radius 1 is 1.25 bits per heavy atom. The predicted octanol–water partition coefficient (Wildman–Crippen LogP) is 2.06. The van der Waals surface area contributed by atoms with Crippen molar-refractivity contribution in [1.82, 2.24) is 25.4 Å². The van der Waals surface area contributed by atoms with Crippen LogP contribution in [0.5, 0.6) is 0 Å². The van der Waals surface area contributed by atoms with E-state index in [1.165, 1.54) is 0 Å². The molecule has 0 radical (unpaired) electrons. The minimum absolute atomic E-state index is 0.0283. The van der Waals surface area contributed by atoms with Gasteiger partial charge in [-0.05, 0) is 63.1 Å². The summed E-state index contributed by atoms with van der Waals surface area (Å²) in [6.45, 7) is 4.28. The van der Waals surface area contributed by atoms with Crippen molar-refractivity contribution in [2.24, 2.45) is 13.0 Å². The third-order valence-electron chi connectivity index (χ3n) is 5.91. The summed E-state index contributed by atoms with van der Waals surface area (Å²) in [5.41, 5.74) is 4.28. The largest absolute Gasteiger partial charge is 0.483 e. The lowest BCUT2D eigenvalue weighted by atomic mass is 9.85. The quantitative estimate of drug-likeness (QED) is 0.562. The summed E-state index contributed by atoms with van der Waals surface area (Å²) in [4.78, 5) is 37.2. The Kier molecular flexibility index (Phi) is 9.84. The second kappa shape index (κ2) is 12.6. The number of carbonyl (C=O) groups is 3. The number of hydrogen-bond acceptors (Lipinski definition) is 5. The lowest BCUT2D eigenvalue weighted by Gasteiger charge is -2.28. The second-order valence-electron chi connectivity index (χ2n) is 8.07. The maximum absolute atomic E-state index is 12.4. The Morgan fingerprint density at radius 3 is 2.50 bits per heavy atom. The number of carbonyl (C=O) groups excluding carboxylic acids is 2. The van der Waals surface area contributed by atoms with Gasteiger partial charge in [-0.2, -0.15) is 5.10 Å². The van der Waals surface area contributed by atoms with Crippen molar-refractivity contribution in [2.45, 2.75) is 65.0 Å². The Labute approximate surface area is 188 Å². The molecule has 0 saturated heterocycles. The van der Waals surface area contributed by atoms with E-state index in [9.17, 15) is 9.59 Å². The molecule has 0 bridgehead atoms. The van der Waals surface area contributed by atoms with E-state index in [1.807, 2.05) is 37.7 Å². The number of carboxylic acid groups (broad SMARTS) is 1. The van der Waals surface area contributed by atoms with Gasteiger partial charge < -0.3 is 15.7 Å². The molecule has 1 aliphatic rings. The van der Waals surface area contributed by atoms with Crippen LogP contribution in [0.15, 0.2) is 24.5 Å². The fourth-order valence-electron chi connectivity index (χ4n) is 4.05. The van der Waals surface area contributed by atoms with Crippen LogP contribution < -0.4 is 10.6 Å². The Morgan fingerprint density at radius 2 is 1.94 bits per heavy atom. The molecule has 1 saturated carbocycles. The molecule has 2 aromatic rings. The van der Waals surface area contributed by atoms with E-state index >= 15 is 0 Å². The summed E-state index contributed by atoms with van der Waals surface area (Å²) in [6, 6.07) is 3.99. The van der Waals surface area contributed by atoms with Crippen molar-refractivity contribution in [1.29, 1.82) is 0 Å². The van der Waals surface area contributed by atoms with Crippen LogP contribution in [-0.2, 0) is 34.4 Å². The molecule has 3 rings (SSSR count). The first-order valence-electron chi connectivity index (χ1n) is 10.9. The zero-order valence-corrected chi connectivity index (χ0v) is 19.0. The molecule has 9 nitrogen and oxygen atoms in total. The van der Waals surface area contributed by atoms with Crippen LogP contribution in [0.3, 0.4) is 0 Å². The van der Waals surface area contributed by atoms with E-state index in [2.05, 4.69) is 20.7 Å². The third-order valence-corrected chi connectivity index (χ3v) is 5.91. The SMILES string of the molecule is Cc1nn(C)c(C)c1CCC(=O)NC1CCC(C(=O)NCc2cccnc2)CC1.O=CO. The van der Waals surface area contributed by atoms with E-state index < -0.39 is 0 Å². The molecule has 0 aromatic carbocycles. The molecule has 0 aliphatic heterocycles. The van der Waals surface area contributed by atoms with Crippen LogP contribution in [-0.4, -0.2) is 44.2 Å². The van der Waals surface area contributed by atoms with Crippen LogP contribution in [0.4, 0.5) is 0 Å². The number of pyridine rings is 1. The number of rotatable bonds is 7. The summed E-state index contributed by atoms with van der Waals surface area (Å²) in [7, 11) is 1.93. The summed E-state index contributed by atoms with van der Waals surface area (Å²) in [5.74, 6) is 0.207. The number of aryl methyl sites for hydroxylation is 2. The van der Waals surface area contributed by atoms with Gasteiger partial charge in [0.15, 0.2) is 0 Å². The molecular formula is C23H33N5O4. The fraction of sp³-hybridized carbons (Fsp3) is 0.522. The summed E-state index contributed by atoms with van der Waals surface area (Å²) in [6.07, 6.45) is 7.99. The van der Waals surface area contributed by atoms with Crippen molar-refractivity contribution in [3.05, 3.63) is 47.0 Å². The topological polar surface area (TPSA) is 126 Å². The molecule has 0 atom stereocenters. The minimum atomic E-state index is -0.250. The minimum Gasteiger partial charge on any atom is -0.483 e. The van der Waals surface area contributed by atoms with Gasteiger partial charge in [0.25, 0.3) is 6.47 Å². The monoisotopic (exact) mass is 443 g/mol. The molecule has 2 amide bonds. The fourth-order valence-corrected chi connectivity index (χ4v) is 4.05. The maximum Gasteiger partial charge on any atom is 0.290 e. The average molecular weight is 444 g/mol. The Balaban J connectivity index is 0.00000114. The summed E-state index contributed by atoms with van der Waals surface area (Å²) < 4.78 is 1.86. The number of nitrogens with zero attached hydrogens (tertiary/aromatic N) is 3. The van der Waals surface area contributed by atoms with E-state index in [-0.39, 0.29) is 30.2 Å². The zero-order valence-electron chi connectivity index (χ0n) is 19.0. The Bertz CT molecular complexity index is 889. The first-order chi connectivity index (χ1) is 15.3. The van der Waals surface area contributed by atoms with Crippen molar-refractivity contribution >= 4 is 18.3 Å². The molecule has 3 N–H and O–H groups in total. The van der Waals surface area contributed by atoms with Crippen molar-refractivity contribution in [3.63, 3.8) is 0 Å². The summed E-state index contributed by atoms with van der Waals surface area (Å²) >= 11 is 0. The smallest absolute Gasteiger partial charge is 0.290 e. The van der Waals surface area contributed by atoms with Crippen molar-refractivity contribution < 1.29 is 19.5 Å². The highest BCUT2D eigenvalue weighted by Gasteiger charge is 2.27. The molecule has 9 heteroatoms.